The van der Waals surface area contributed by atoms with Crippen LogP contribution in [0.4, 0.5) is 5.82 Å². The average Bonchev–Trinajstić information content (AvgIpc) is 2.67. The maximum Gasteiger partial charge on any atom is 0.274 e. The summed E-state index contributed by atoms with van der Waals surface area (Å²) < 4.78 is 0. The van der Waals surface area contributed by atoms with Crippen LogP contribution < -0.4 is 16.8 Å². The Balaban J connectivity index is 1.87. The molecule has 0 spiro atoms. The van der Waals surface area contributed by atoms with Gasteiger partial charge in [-0.15, -0.1) is 0 Å². The van der Waals surface area contributed by atoms with Gasteiger partial charge in [0.05, 0.1) is 17.9 Å². The second-order valence-corrected chi connectivity index (χ2v) is 6.12. The topological polar surface area (TPSA) is 119 Å². The molecular weight excluding hydrogens is 328 g/mol. The van der Waals surface area contributed by atoms with Crippen molar-refractivity contribution >= 4 is 23.5 Å². The molecule has 1 atom stereocenters. The van der Waals surface area contributed by atoms with E-state index in [-0.39, 0.29) is 23.5 Å². The highest BCUT2D eigenvalue weighted by Crippen LogP contribution is 2.29. The summed E-state index contributed by atoms with van der Waals surface area (Å²) >= 11 is 0. The van der Waals surface area contributed by atoms with E-state index < -0.39 is 0 Å². The van der Waals surface area contributed by atoms with Gasteiger partial charge in [-0.3, -0.25) is 9.79 Å². The maximum atomic E-state index is 12.8. The second-order valence-electron chi connectivity index (χ2n) is 6.12. The van der Waals surface area contributed by atoms with Gasteiger partial charge in [0, 0.05) is 25.0 Å². The highest BCUT2D eigenvalue weighted by Gasteiger charge is 2.24. The van der Waals surface area contributed by atoms with Crippen LogP contribution >= 0.6 is 0 Å². The van der Waals surface area contributed by atoms with Crippen LogP contribution in [0.3, 0.4) is 0 Å². The minimum atomic E-state index is -0.344. The molecule has 1 amide bonds. The number of rotatable bonds is 4. The number of carbonyl (C=O) groups excluding carboxylic acids is 1. The monoisotopic (exact) mass is 350 g/mol. The molecular formula is C19H22N6O. The fourth-order valence-corrected chi connectivity index (χ4v) is 3.17. The van der Waals surface area contributed by atoms with Gasteiger partial charge in [0.2, 0.25) is 0 Å². The minimum absolute atomic E-state index is 0.0565. The summed E-state index contributed by atoms with van der Waals surface area (Å²) in [5.41, 5.74) is 15.0. The van der Waals surface area contributed by atoms with Gasteiger partial charge in [-0.25, -0.2) is 9.97 Å². The number of nitrogen functional groups attached to an aromatic ring is 1. The third-order valence-electron chi connectivity index (χ3n) is 4.43. The zero-order chi connectivity index (χ0) is 18.5. The molecule has 1 aromatic carbocycles. The van der Waals surface area contributed by atoms with E-state index in [1.54, 1.807) is 13.3 Å². The lowest BCUT2D eigenvalue weighted by Crippen LogP contribution is -2.32. The lowest BCUT2D eigenvalue weighted by atomic mass is 9.87. The predicted octanol–water partition coefficient (Wildman–Crippen LogP) is 1.87. The quantitative estimate of drug-likeness (QED) is 0.727. The lowest BCUT2D eigenvalue weighted by molar-refractivity contribution is 0.0928. The fraction of sp³-hybridized carbons (Fsp3) is 0.263. The number of carbonyl (C=O) groups is 1. The van der Waals surface area contributed by atoms with Gasteiger partial charge < -0.3 is 16.8 Å². The SMILES string of the molecule is CN=CC(=CN)c1cnc(N)c(C(=O)NC2CCCc3ccccc32)n1. The molecule has 3 rings (SSSR count). The van der Waals surface area contributed by atoms with Crippen molar-refractivity contribution in [2.24, 2.45) is 10.7 Å². The number of nitrogens with one attached hydrogen (secondary N) is 1. The van der Waals surface area contributed by atoms with Gasteiger partial charge >= 0.3 is 0 Å². The standard InChI is InChI=1S/C19H22N6O/c1-22-10-13(9-20)16-11-23-18(21)17(24-16)19(26)25-15-8-4-6-12-5-2-3-7-14(12)15/h2-3,5,7,9-11,15H,4,6,8,20H2,1H3,(H2,21,23)(H,25,26). The first-order chi connectivity index (χ1) is 12.6. The molecule has 0 radical (unpaired) electrons. The van der Waals surface area contributed by atoms with Crippen molar-refractivity contribution in [1.29, 1.82) is 0 Å². The number of nitrogens with zero attached hydrogens (tertiary/aromatic N) is 3. The number of allylic oxidation sites excluding steroid dienone is 1. The molecule has 0 saturated carbocycles. The summed E-state index contributed by atoms with van der Waals surface area (Å²) in [5.74, 6) is -0.261. The van der Waals surface area contributed by atoms with E-state index >= 15 is 0 Å². The molecule has 134 valence electrons. The van der Waals surface area contributed by atoms with Gasteiger partial charge in [-0.1, -0.05) is 24.3 Å². The van der Waals surface area contributed by atoms with Gasteiger partial charge in [0.25, 0.3) is 5.91 Å². The van der Waals surface area contributed by atoms with Crippen molar-refractivity contribution in [3.05, 3.63) is 59.2 Å². The van der Waals surface area contributed by atoms with Gasteiger partial charge in [-0.2, -0.15) is 0 Å². The Hall–Kier alpha value is -3.22. The molecule has 1 heterocycles. The average molecular weight is 350 g/mol. The first-order valence-corrected chi connectivity index (χ1v) is 8.49. The van der Waals surface area contributed by atoms with E-state index in [9.17, 15) is 4.79 Å². The summed E-state index contributed by atoms with van der Waals surface area (Å²) in [5, 5.41) is 3.04. The predicted molar refractivity (Wildman–Crippen MR) is 103 cm³/mol. The molecule has 2 aromatic rings. The number of benzene rings is 1. The highest BCUT2D eigenvalue weighted by molar-refractivity contribution is 6.09. The maximum absolute atomic E-state index is 12.8. The number of aryl methyl sites for hydroxylation is 1. The molecule has 1 aliphatic carbocycles. The molecule has 7 nitrogen and oxygen atoms in total. The number of nitrogens with two attached hydrogens (primary N) is 2. The highest BCUT2D eigenvalue weighted by atomic mass is 16.2. The Morgan fingerprint density at radius 3 is 2.96 bits per heavy atom. The van der Waals surface area contributed by atoms with E-state index in [0.29, 0.717) is 11.3 Å². The van der Waals surface area contributed by atoms with E-state index in [2.05, 4.69) is 32.4 Å². The number of aromatic nitrogens is 2. The van der Waals surface area contributed by atoms with Crippen LogP contribution in [0.1, 0.15) is 46.2 Å². The molecule has 1 aromatic heterocycles. The van der Waals surface area contributed by atoms with E-state index in [1.807, 2.05) is 12.1 Å². The number of fused-ring (bicyclic) bond motifs is 1. The number of aliphatic imine (C=N–C) groups is 1. The molecule has 1 unspecified atom stereocenters. The first kappa shape index (κ1) is 17.6. The summed E-state index contributed by atoms with van der Waals surface area (Å²) in [4.78, 5) is 25.1. The van der Waals surface area contributed by atoms with Crippen molar-refractivity contribution in [3.63, 3.8) is 0 Å². The number of anilines is 1. The molecule has 1 aliphatic rings. The van der Waals surface area contributed by atoms with Crippen LogP contribution in [0.15, 0.2) is 41.7 Å². The summed E-state index contributed by atoms with van der Waals surface area (Å²) in [6, 6.07) is 8.11. The van der Waals surface area contributed by atoms with Crippen molar-refractivity contribution in [2.75, 3.05) is 12.8 Å². The molecule has 0 bridgehead atoms. The third-order valence-corrected chi connectivity index (χ3v) is 4.43. The van der Waals surface area contributed by atoms with Crippen LogP contribution in [0.2, 0.25) is 0 Å². The van der Waals surface area contributed by atoms with Crippen molar-refractivity contribution in [3.8, 4) is 0 Å². The van der Waals surface area contributed by atoms with Crippen molar-refractivity contribution in [1.82, 2.24) is 15.3 Å². The summed E-state index contributed by atoms with van der Waals surface area (Å²) in [6.07, 6.45) is 7.33. The molecule has 0 aliphatic heterocycles. The summed E-state index contributed by atoms with van der Waals surface area (Å²) in [6.45, 7) is 0. The first-order valence-electron chi connectivity index (χ1n) is 8.49. The Kier molecular flexibility index (Phi) is 5.26. The Bertz CT molecular complexity index is 874. The Labute approximate surface area is 152 Å². The smallest absolute Gasteiger partial charge is 0.274 e. The Morgan fingerprint density at radius 1 is 1.38 bits per heavy atom. The second kappa shape index (κ2) is 7.77. The van der Waals surface area contributed by atoms with E-state index in [0.717, 1.165) is 24.8 Å². The zero-order valence-corrected chi connectivity index (χ0v) is 14.6. The zero-order valence-electron chi connectivity index (χ0n) is 14.6. The van der Waals surface area contributed by atoms with Crippen LogP contribution in [0.5, 0.6) is 0 Å². The van der Waals surface area contributed by atoms with E-state index in [1.165, 1.54) is 18.0 Å². The van der Waals surface area contributed by atoms with Crippen LogP contribution in [-0.2, 0) is 6.42 Å². The fourth-order valence-electron chi connectivity index (χ4n) is 3.17. The lowest BCUT2D eigenvalue weighted by Gasteiger charge is -2.26. The van der Waals surface area contributed by atoms with E-state index in [4.69, 9.17) is 11.5 Å². The molecule has 5 N–H and O–H groups in total. The molecule has 0 saturated heterocycles. The third kappa shape index (κ3) is 3.56. The van der Waals surface area contributed by atoms with Crippen LogP contribution in [0.25, 0.3) is 5.57 Å². The normalized spacial score (nSPS) is 17.1. The number of hydrogen-bond acceptors (Lipinski definition) is 6. The Morgan fingerprint density at radius 2 is 2.19 bits per heavy atom. The number of amides is 1. The molecule has 0 fully saturated rings. The van der Waals surface area contributed by atoms with Gasteiger partial charge in [0.15, 0.2) is 11.5 Å². The van der Waals surface area contributed by atoms with Crippen LogP contribution in [0, 0.1) is 0 Å². The van der Waals surface area contributed by atoms with Gasteiger partial charge in [0.1, 0.15) is 0 Å². The van der Waals surface area contributed by atoms with Gasteiger partial charge in [-0.05, 0) is 30.4 Å². The number of hydrogen-bond donors (Lipinski definition) is 3. The van der Waals surface area contributed by atoms with Crippen LogP contribution in [-0.4, -0.2) is 29.1 Å². The van der Waals surface area contributed by atoms with Crippen molar-refractivity contribution in [2.45, 2.75) is 25.3 Å². The largest absolute Gasteiger partial charge is 0.404 e. The minimum Gasteiger partial charge on any atom is -0.404 e. The molecule has 26 heavy (non-hydrogen) atoms. The molecule has 7 heteroatoms. The summed E-state index contributed by atoms with van der Waals surface area (Å²) in [7, 11) is 1.63. The van der Waals surface area contributed by atoms with Crippen molar-refractivity contribution < 1.29 is 4.79 Å².